The molecule has 0 spiro atoms. The molecule has 0 aliphatic heterocycles. The zero-order chi connectivity index (χ0) is 15.1. The quantitative estimate of drug-likeness (QED) is 0.552. The summed E-state index contributed by atoms with van der Waals surface area (Å²) in [6, 6.07) is -1.06. The van der Waals surface area contributed by atoms with Gasteiger partial charge in [-0.15, -0.1) is 0 Å². The van der Waals surface area contributed by atoms with E-state index in [0.29, 0.717) is 13.0 Å². The van der Waals surface area contributed by atoms with Gasteiger partial charge in [0.1, 0.15) is 6.04 Å². The molecule has 0 aromatic heterocycles. The molecule has 0 aromatic rings. The van der Waals surface area contributed by atoms with Gasteiger partial charge in [0.15, 0.2) is 0 Å². The van der Waals surface area contributed by atoms with Gasteiger partial charge in [-0.2, -0.15) is 0 Å². The molecule has 20 heavy (non-hydrogen) atoms. The van der Waals surface area contributed by atoms with Crippen molar-refractivity contribution < 1.29 is 24.2 Å². The number of carboxylic acid groups (broad SMARTS) is 1. The minimum Gasteiger partial charge on any atom is -0.480 e. The number of carbonyl (C=O) groups excluding carboxylic acids is 2. The molecule has 1 atom stereocenters. The summed E-state index contributed by atoms with van der Waals surface area (Å²) in [5.74, 6) is -1.79. The number of nitrogens with one attached hydrogen (secondary N) is 1. The zero-order valence-corrected chi connectivity index (χ0v) is 11.6. The molecule has 0 saturated heterocycles. The lowest BCUT2D eigenvalue weighted by atomic mass is 9.80. The van der Waals surface area contributed by atoms with Crippen LogP contribution in [-0.4, -0.2) is 41.6 Å². The van der Waals surface area contributed by atoms with Crippen molar-refractivity contribution in [3.8, 4) is 0 Å². The Morgan fingerprint density at radius 1 is 1.40 bits per heavy atom. The maximum absolute atomic E-state index is 11.7. The first-order chi connectivity index (χ1) is 9.42. The van der Waals surface area contributed by atoms with E-state index < -0.39 is 17.9 Å². The van der Waals surface area contributed by atoms with E-state index in [-0.39, 0.29) is 30.8 Å². The van der Waals surface area contributed by atoms with Gasteiger partial charge >= 0.3 is 5.97 Å². The Bertz CT molecular complexity index is 366. The van der Waals surface area contributed by atoms with Crippen molar-refractivity contribution in [1.82, 2.24) is 5.32 Å². The molecule has 0 aromatic carbocycles. The highest BCUT2D eigenvalue weighted by molar-refractivity contribution is 5.84. The van der Waals surface area contributed by atoms with Gasteiger partial charge in [-0.1, -0.05) is 0 Å². The Kier molecular flexibility index (Phi) is 6.44. The van der Waals surface area contributed by atoms with E-state index in [1.54, 1.807) is 0 Å². The Morgan fingerprint density at radius 2 is 2.05 bits per heavy atom. The number of rotatable bonds is 9. The van der Waals surface area contributed by atoms with Crippen LogP contribution in [0, 0.1) is 5.92 Å². The topological polar surface area (TPSA) is 119 Å². The first kappa shape index (κ1) is 16.4. The van der Waals surface area contributed by atoms with Crippen molar-refractivity contribution in [2.75, 3.05) is 6.61 Å². The van der Waals surface area contributed by atoms with E-state index in [1.807, 2.05) is 6.92 Å². The maximum Gasteiger partial charge on any atom is 0.326 e. The fraction of sp³-hybridized carbons (Fsp3) is 0.769. The highest BCUT2D eigenvalue weighted by Gasteiger charge is 2.32. The van der Waals surface area contributed by atoms with Crippen molar-refractivity contribution >= 4 is 17.8 Å². The zero-order valence-electron chi connectivity index (χ0n) is 11.6. The second-order valence-electron chi connectivity index (χ2n) is 5.08. The smallest absolute Gasteiger partial charge is 0.326 e. The summed E-state index contributed by atoms with van der Waals surface area (Å²) in [6.45, 7) is 2.59. The average Bonchev–Trinajstić information content (AvgIpc) is 2.31. The van der Waals surface area contributed by atoms with Crippen molar-refractivity contribution in [2.45, 2.75) is 51.2 Å². The molecule has 0 bridgehead atoms. The van der Waals surface area contributed by atoms with Gasteiger partial charge in [0, 0.05) is 19.4 Å². The van der Waals surface area contributed by atoms with Crippen LogP contribution < -0.4 is 11.1 Å². The van der Waals surface area contributed by atoms with E-state index in [9.17, 15) is 14.4 Å². The second-order valence-corrected chi connectivity index (χ2v) is 5.08. The van der Waals surface area contributed by atoms with Gasteiger partial charge in [0.2, 0.25) is 11.8 Å². The summed E-state index contributed by atoms with van der Waals surface area (Å²) in [4.78, 5) is 33.4. The van der Waals surface area contributed by atoms with Crippen LogP contribution in [0.1, 0.15) is 39.0 Å². The lowest BCUT2D eigenvalue weighted by Gasteiger charge is -2.34. The van der Waals surface area contributed by atoms with Crippen molar-refractivity contribution in [3.63, 3.8) is 0 Å². The molecule has 1 aliphatic carbocycles. The third-order valence-corrected chi connectivity index (χ3v) is 3.38. The molecule has 7 nitrogen and oxygen atoms in total. The first-order valence-electron chi connectivity index (χ1n) is 6.84. The SMILES string of the molecule is CCOC1CC(CC(=O)N[C@@H](CCC(N)=O)C(=O)O)C1. The van der Waals surface area contributed by atoms with Crippen LogP contribution in [0.15, 0.2) is 0 Å². The minimum absolute atomic E-state index is 0.0165. The summed E-state index contributed by atoms with van der Waals surface area (Å²) >= 11 is 0. The number of carbonyl (C=O) groups is 3. The normalized spacial score (nSPS) is 22.6. The molecule has 7 heteroatoms. The van der Waals surface area contributed by atoms with Gasteiger partial charge in [-0.3, -0.25) is 9.59 Å². The predicted octanol–water partition coefficient (Wildman–Crippen LogP) is 0.0265. The second kappa shape index (κ2) is 7.84. The Balaban J connectivity index is 2.28. The van der Waals surface area contributed by atoms with Gasteiger partial charge in [0.05, 0.1) is 6.10 Å². The Hall–Kier alpha value is -1.63. The highest BCUT2D eigenvalue weighted by atomic mass is 16.5. The molecule has 0 unspecified atom stereocenters. The van der Waals surface area contributed by atoms with Crippen LogP contribution in [-0.2, 0) is 19.1 Å². The number of hydrogen-bond acceptors (Lipinski definition) is 4. The average molecular weight is 286 g/mol. The van der Waals surface area contributed by atoms with Crippen LogP contribution in [0.25, 0.3) is 0 Å². The fourth-order valence-electron chi connectivity index (χ4n) is 2.27. The molecule has 1 saturated carbocycles. The molecular formula is C13H22N2O5. The van der Waals surface area contributed by atoms with Crippen molar-refractivity contribution in [1.29, 1.82) is 0 Å². The summed E-state index contributed by atoms with van der Waals surface area (Å²) in [6.07, 6.45) is 2.14. The van der Waals surface area contributed by atoms with Crippen LogP contribution in [0.4, 0.5) is 0 Å². The van der Waals surface area contributed by atoms with E-state index in [1.165, 1.54) is 0 Å². The van der Waals surface area contributed by atoms with Crippen LogP contribution in [0.2, 0.25) is 0 Å². The van der Waals surface area contributed by atoms with Crippen molar-refractivity contribution in [2.24, 2.45) is 11.7 Å². The molecule has 0 heterocycles. The lowest BCUT2D eigenvalue weighted by Crippen LogP contribution is -2.43. The molecule has 4 N–H and O–H groups in total. The number of ether oxygens (including phenoxy) is 1. The molecular weight excluding hydrogens is 264 g/mol. The largest absolute Gasteiger partial charge is 0.480 e. The molecule has 114 valence electrons. The van der Waals surface area contributed by atoms with Crippen LogP contribution in [0.5, 0.6) is 0 Å². The monoisotopic (exact) mass is 286 g/mol. The summed E-state index contributed by atoms with van der Waals surface area (Å²) in [5, 5.41) is 11.4. The number of hydrogen-bond donors (Lipinski definition) is 3. The minimum atomic E-state index is -1.15. The van der Waals surface area contributed by atoms with Gasteiger partial charge < -0.3 is 20.9 Å². The Labute approximate surface area is 117 Å². The summed E-state index contributed by atoms with van der Waals surface area (Å²) in [7, 11) is 0. The lowest BCUT2D eigenvalue weighted by molar-refractivity contribution is -0.142. The molecule has 2 amide bonds. The van der Waals surface area contributed by atoms with Crippen LogP contribution >= 0.6 is 0 Å². The van der Waals surface area contributed by atoms with Gasteiger partial charge in [0.25, 0.3) is 0 Å². The number of amides is 2. The number of aliphatic carboxylic acids is 1. The van der Waals surface area contributed by atoms with E-state index in [2.05, 4.69) is 5.32 Å². The molecule has 0 radical (unpaired) electrons. The molecule has 1 aliphatic rings. The summed E-state index contributed by atoms with van der Waals surface area (Å²) < 4.78 is 5.40. The van der Waals surface area contributed by atoms with Gasteiger partial charge in [-0.05, 0) is 32.1 Å². The number of primary amides is 1. The van der Waals surface area contributed by atoms with E-state index >= 15 is 0 Å². The van der Waals surface area contributed by atoms with E-state index in [0.717, 1.165) is 12.8 Å². The predicted molar refractivity (Wildman–Crippen MR) is 70.7 cm³/mol. The number of nitrogens with two attached hydrogens (primary N) is 1. The molecule has 1 rings (SSSR count). The third-order valence-electron chi connectivity index (χ3n) is 3.38. The molecule has 1 fully saturated rings. The third kappa shape index (κ3) is 5.56. The fourth-order valence-corrected chi connectivity index (χ4v) is 2.27. The van der Waals surface area contributed by atoms with Crippen molar-refractivity contribution in [3.05, 3.63) is 0 Å². The summed E-state index contributed by atoms with van der Waals surface area (Å²) in [5.41, 5.74) is 4.97. The highest BCUT2D eigenvalue weighted by Crippen LogP contribution is 2.32. The number of carboxylic acids is 1. The van der Waals surface area contributed by atoms with Crippen LogP contribution in [0.3, 0.4) is 0 Å². The van der Waals surface area contributed by atoms with Gasteiger partial charge in [-0.25, -0.2) is 4.79 Å². The van der Waals surface area contributed by atoms with E-state index in [4.69, 9.17) is 15.6 Å². The maximum atomic E-state index is 11.7. The standard InChI is InChI=1S/C13H22N2O5/c1-2-20-9-5-8(6-9)7-12(17)15-10(13(18)19)3-4-11(14)16/h8-10H,2-7H2,1H3,(H2,14,16)(H,15,17)(H,18,19)/t8?,9?,10-/m0/s1. The first-order valence-corrected chi connectivity index (χ1v) is 6.84. The Morgan fingerprint density at radius 3 is 2.55 bits per heavy atom.